The van der Waals surface area contributed by atoms with Gasteiger partial charge in [-0.2, -0.15) is 0 Å². The second-order valence-electron chi connectivity index (χ2n) is 3.06. The third-order valence-corrected chi connectivity index (χ3v) is 3.13. The van der Waals surface area contributed by atoms with Crippen LogP contribution in [0.25, 0.3) is 0 Å². The van der Waals surface area contributed by atoms with Crippen LogP contribution in [0.4, 0.5) is 13.2 Å². The number of ether oxygens (including phenoxy) is 2. The third-order valence-electron chi connectivity index (χ3n) is 1.82. The van der Waals surface area contributed by atoms with E-state index in [1.54, 1.807) is 0 Å². The quantitative estimate of drug-likeness (QED) is 0.801. The molecule has 0 aliphatic carbocycles. The van der Waals surface area contributed by atoms with Crippen LogP contribution in [0.2, 0.25) is 0 Å². The topological polar surface area (TPSA) is 65.5 Å². The molecule has 102 valence electrons. The number of methoxy groups -OCH3 is 1. The van der Waals surface area contributed by atoms with Crippen molar-refractivity contribution in [2.24, 2.45) is 0 Å². The number of alkyl halides is 3. The zero-order valence-corrected chi connectivity index (χ0v) is 10.7. The van der Waals surface area contributed by atoms with Crippen molar-refractivity contribution in [3.05, 3.63) is 11.9 Å². The lowest BCUT2D eigenvalue weighted by molar-refractivity contribution is -0.276. The summed E-state index contributed by atoms with van der Waals surface area (Å²) in [6.07, 6.45) is -4.42. The molecule has 0 saturated heterocycles. The first kappa shape index (κ1) is 14.8. The highest BCUT2D eigenvalue weighted by atomic mass is 35.7. The van der Waals surface area contributed by atoms with E-state index in [0.717, 1.165) is 7.11 Å². The second-order valence-corrected chi connectivity index (χ2v) is 5.59. The van der Waals surface area contributed by atoms with Gasteiger partial charge in [-0.05, 0) is 6.92 Å². The molecule has 0 radical (unpaired) electrons. The molecule has 0 aromatic carbocycles. The van der Waals surface area contributed by atoms with E-state index in [2.05, 4.69) is 14.5 Å². The first-order valence-corrected chi connectivity index (χ1v) is 6.61. The van der Waals surface area contributed by atoms with E-state index in [-0.39, 0.29) is 5.69 Å². The fourth-order valence-corrected chi connectivity index (χ4v) is 2.04. The van der Waals surface area contributed by atoms with Gasteiger partial charge in [0.1, 0.15) is 4.90 Å². The van der Waals surface area contributed by atoms with Gasteiger partial charge in [-0.25, -0.2) is 8.42 Å². The fourth-order valence-electron chi connectivity index (χ4n) is 1.18. The summed E-state index contributed by atoms with van der Waals surface area (Å²) in [5.74, 6) is -1.48. The van der Waals surface area contributed by atoms with Gasteiger partial charge in [-0.3, -0.25) is 4.98 Å². The van der Waals surface area contributed by atoms with Gasteiger partial charge in [0.15, 0.2) is 11.5 Å². The molecule has 0 N–H and O–H groups in total. The maximum atomic E-state index is 12.2. The number of nitrogens with zero attached hydrogens (tertiary/aromatic N) is 1. The van der Waals surface area contributed by atoms with Crippen LogP contribution in [0.5, 0.6) is 11.5 Å². The average molecular weight is 306 g/mol. The highest BCUT2D eigenvalue weighted by Gasteiger charge is 2.36. The van der Waals surface area contributed by atoms with E-state index in [1.807, 2.05) is 0 Å². The molecule has 0 saturated carbocycles. The van der Waals surface area contributed by atoms with Crippen molar-refractivity contribution >= 4 is 19.7 Å². The van der Waals surface area contributed by atoms with Gasteiger partial charge in [0.05, 0.1) is 19.0 Å². The number of hydrogen-bond donors (Lipinski definition) is 0. The number of pyridine rings is 1. The number of rotatable bonds is 3. The molecular formula is C8H7ClF3NO4S. The standard InChI is InChI=1S/C8H7ClF3NO4S/c1-4-6(16-2)7(17-8(10,11)12)5(3-13-4)18(9,14)15/h3H,1-2H3. The van der Waals surface area contributed by atoms with Crippen LogP contribution in [0.15, 0.2) is 11.1 Å². The third kappa shape index (κ3) is 3.39. The van der Waals surface area contributed by atoms with Crippen LogP contribution in [-0.2, 0) is 9.05 Å². The zero-order valence-electron chi connectivity index (χ0n) is 9.08. The number of hydrogen-bond acceptors (Lipinski definition) is 5. The van der Waals surface area contributed by atoms with Crippen LogP contribution >= 0.6 is 10.7 Å². The fraction of sp³-hybridized carbons (Fsp3) is 0.375. The van der Waals surface area contributed by atoms with Crippen molar-refractivity contribution in [3.8, 4) is 11.5 Å². The molecule has 0 unspecified atom stereocenters. The highest BCUT2D eigenvalue weighted by Crippen LogP contribution is 2.40. The van der Waals surface area contributed by atoms with E-state index in [4.69, 9.17) is 10.7 Å². The molecule has 1 aromatic heterocycles. The number of aromatic nitrogens is 1. The van der Waals surface area contributed by atoms with Crippen molar-refractivity contribution in [1.29, 1.82) is 0 Å². The molecule has 0 amide bonds. The minimum atomic E-state index is -5.09. The van der Waals surface area contributed by atoms with Gasteiger partial charge in [-0.15, -0.1) is 13.2 Å². The summed E-state index contributed by atoms with van der Waals surface area (Å²) in [4.78, 5) is 2.66. The van der Waals surface area contributed by atoms with Gasteiger partial charge in [0, 0.05) is 10.7 Å². The molecule has 0 atom stereocenters. The Morgan fingerprint density at radius 2 is 1.89 bits per heavy atom. The second kappa shape index (κ2) is 4.81. The van der Waals surface area contributed by atoms with Gasteiger partial charge >= 0.3 is 6.36 Å². The Bertz CT molecular complexity index is 558. The maximum absolute atomic E-state index is 12.2. The van der Waals surface area contributed by atoms with Crippen molar-refractivity contribution in [2.45, 2.75) is 18.2 Å². The molecular weight excluding hydrogens is 299 g/mol. The number of aryl methyl sites for hydroxylation is 1. The zero-order chi connectivity index (χ0) is 14.1. The van der Waals surface area contributed by atoms with E-state index < -0.39 is 31.8 Å². The maximum Gasteiger partial charge on any atom is 0.573 e. The van der Waals surface area contributed by atoms with Gasteiger partial charge < -0.3 is 9.47 Å². The van der Waals surface area contributed by atoms with Crippen LogP contribution in [0, 0.1) is 6.92 Å². The summed E-state index contributed by atoms with van der Waals surface area (Å²) in [6.45, 7) is 1.33. The van der Waals surface area contributed by atoms with E-state index in [0.29, 0.717) is 6.20 Å². The Labute approximate surface area is 105 Å². The van der Waals surface area contributed by atoms with Gasteiger partial charge in [-0.1, -0.05) is 0 Å². The SMILES string of the molecule is COc1c(C)ncc(S(=O)(=O)Cl)c1OC(F)(F)F. The summed E-state index contributed by atoms with van der Waals surface area (Å²) >= 11 is 0. The van der Waals surface area contributed by atoms with Crippen molar-refractivity contribution < 1.29 is 31.1 Å². The molecule has 1 aromatic rings. The van der Waals surface area contributed by atoms with E-state index in [9.17, 15) is 21.6 Å². The Kier molecular flexibility index (Phi) is 3.96. The van der Waals surface area contributed by atoms with E-state index >= 15 is 0 Å². The molecule has 0 fully saturated rings. The molecule has 10 heteroatoms. The van der Waals surface area contributed by atoms with Crippen molar-refractivity contribution in [1.82, 2.24) is 4.98 Å². The lowest BCUT2D eigenvalue weighted by Crippen LogP contribution is -2.19. The minimum Gasteiger partial charge on any atom is -0.491 e. The molecule has 0 aliphatic rings. The van der Waals surface area contributed by atoms with Crippen LogP contribution in [-0.4, -0.2) is 26.9 Å². The molecule has 0 aliphatic heterocycles. The molecule has 18 heavy (non-hydrogen) atoms. The lowest BCUT2D eigenvalue weighted by atomic mass is 10.3. The van der Waals surface area contributed by atoms with Crippen molar-refractivity contribution in [3.63, 3.8) is 0 Å². The summed E-state index contributed by atoms with van der Waals surface area (Å²) in [5.41, 5.74) is 0.0285. The Balaban J connectivity index is 3.55. The Morgan fingerprint density at radius 1 is 1.33 bits per heavy atom. The first-order chi connectivity index (χ1) is 8.06. The predicted octanol–water partition coefficient (Wildman–Crippen LogP) is 2.22. The highest BCUT2D eigenvalue weighted by molar-refractivity contribution is 8.13. The average Bonchev–Trinajstić information content (AvgIpc) is 2.13. The number of halogens is 4. The first-order valence-electron chi connectivity index (χ1n) is 4.30. The smallest absolute Gasteiger partial charge is 0.491 e. The van der Waals surface area contributed by atoms with Crippen LogP contribution in [0.1, 0.15) is 5.69 Å². The largest absolute Gasteiger partial charge is 0.573 e. The predicted molar refractivity (Wildman–Crippen MR) is 55.2 cm³/mol. The molecule has 1 heterocycles. The Hall–Kier alpha value is -1.22. The monoisotopic (exact) mass is 305 g/mol. The van der Waals surface area contributed by atoms with E-state index in [1.165, 1.54) is 6.92 Å². The minimum absolute atomic E-state index is 0.0285. The van der Waals surface area contributed by atoms with Crippen LogP contribution < -0.4 is 9.47 Å². The molecule has 0 bridgehead atoms. The summed E-state index contributed by atoms with van der Waals surface area (Å²) < 4.78 is 67.2. The van der Waals surface area contributed by atoms with Gasteiger partial charge in [0.25, 0.3) is 9.05 Å². The van der Waals surface area contributed by atoms with Crippen molar-refractivity contribution in [2.75, 3.05) is 7.11 Å². The summed E-state index contributed by atoms with van der Waals surface area (Å²) in [6, 6.07) is 0. The van der Waals surface area contributed by atoms with Gasteiger partial charge in [0.2, 0.25) is 0 Å². The van der Waals surface area contributed by atoms with Crippen LogP contribution in [0.3, 0.4) is 0 Å². The molecule has 5 nitrogen and oxygen atoms in total. The summed E-state index contributed by atoms with van der Waals surface area (Å²) in [7, 11) is 1.61. The normalized spacial score (nSPS) is 12.3. The molecule has 0 spiro atoms. The Morgan fingerprint density at radius 3 is 2.28 bits per heavy atom. The summed E-state index contributed by atoms with van der Waals surface area (Å²) in [5, 5.41) is 0. The lowest BCUT2D eigenvalue weighted by Gasteiger charge is -2.15. The molecule has 1 rings (SSSR count).